The molecule has 36 heavy (non-hydrogen) atoms. The molecule has 1 aliphatic rings. The van der Waals surface area contributed by atoms with E-state index < -0.39 is 0 Å². The number of nitrogens with one attached hydrogen (secondary N) is 1. The number of aryl methyl sites for hydroxylation is 1. The van der Waals surface area contributed by atoms with Crippen molar-refractivity contribution < 1.29 is 9.63 Å². The van der Waals surface area contributed by atoms with Gasteiger partial charge in [-0.2, -0.15) is 10.2 Å². The third kappa shape index (κ3) is 4.46. The van der Waals surface area contributed by atoms with Gasteiger partial charge in [0.25, 0.3) is 0 Å². The van der Waals surface area contributed by atoms with Gasteiger partial charge in [-0.1, -0.05) is 42.3 Å². The van der Waals surface area contributed by atoms with Crippen LogP contribution in [-0.2, 0) is 4.84 Å². The van der Waals surface area contributed by atoms with Crippen LogP contribution >= 0.6 is 0 Å². The third-order valence-corrected chi connectivity index (χ3v) is 6.11. The molecule has 1 fully saturated rings. The lowest BCUT2D eigenvalue weighted by molar-refractivity contribution is -0.0829. The van der Waals surface area contributed by atoms with Crippen molar-refractivity contribution in [3.63, 3.8) is 0 Å². The zero-order valence-electron chi connectivity index (χ0n) is 20.4. The van der Waals surface area contributed by atoms with Crippen LogP contribution in [0.1, 0.15) is 54.7 Å². The summed E-state index contributed by atoms with van der Waals surface area (Å²) in [5.74, 6) is 6.79. The normalized spacial score (nSPS) is 15.2. The first-order valence-electron chi connectivity index (χ1n) is 11.8. The number of urea groups is 1. The SMILES string of the molecule is Cc1ccc(NC(=O)N2OCC[C@@H]2c2ccccc2)cc1C#Cc1c2c(N)ncnc2nn1C(C)C. The van der Waals surface area contributed by atoms with Crippen molar-refractivity contribution in [2.75, 3.05) is 17.7 Å². The summed E-state index contributed by atoms with van der Waals surface area (Å²) >= 11 is 0. The number of rotatable bonds is 3. The fourth-order valence-corrected chi connectivity index (χ4v) is 4.24. The fraction of sp³-hybridized carbons (Fsp3) is 0.259. The number of hydrogen-bond donors (Lipinski definition) is 2. The van der Waals surface area contributed by atoms with Gasteiger partial charge < -0.3 is 11.1 Å². The molecule has 2 amide bonds. The van der Waals surface area contributed by atoms with Crippen LogP contribution in [0.3, 0.4) is 0 Å². The number of carbonyl (C=O) groups is 1. The number of nitrogens with two attached hydrogens (primary N) is 1. The quantitative estimate of drug-likeness (QED) is 0.414. The predicted octanol–water partition coefficient (Wildman–Crippen LogP) is 4.61. The highest BCUT2D eigenvalue weighted by atomic mass is 16.7. The maximum Gasteiger partial charge on any atom is 0.346 e. The Bertz CT molecular complexity index is 1480. The van der Waals surface area contributed by atoms with E-state index in [2.05, 4.69) is 32.2 Å². The second kappa shape index (κ2) is 9.68. The minimum atomic E-state index is -0.321. The van der Waals surface area contributed by atoms with E-state index in [9.17, 15) is 4.79 Å². The van der Waals surface area contributed by atoms with E-state index in [-0.39, 0.29) is 18.1 Å². The molecule has 1 aliphatic heterocycles. The molecule has 4 aromatic rings. The Balaban J connectivity index is 1.42. The Morgan fingerprint density at radius 3 is 2.75 bits per heavy atom. The first kappa shape index (κ1) is 23.3. The lowest BCUT2D eigenvalue weighted by Gasteiger charge is -2.23. The lowest BCUT2D eigenvalue weighted by atomic mass is 10.1. The topological polar surface area (TPSA) is 111 Å². The molecule has 2 aromatic heterocycles. The molecule has 1 saturated heterocycles. The molecule has 9 heteroatoms. The number of aromatic nitrogens is 4. The molecule has 2 aromatic carbocycles. The molecular formula is C27H27N7O2. The summed E-state index contributed by atoms with van der Waals surface area (Å²) in [4.78, 5) is 27.1. The van der Waals surface area contributed by atoms with Crippen LogP contribution in [0.4, 0.5) is 16.3 Å². The van der Waals surface area contributed by atoms with Crippen molar-refractivity contribution in [3.8, 4) is 11.8 Å². The minimum absolute atomic E-state index is 0.0626. The number of nitrogen functional groups attached to an aromatic ring is 1. The average molecular weight is 482 g/mol. The Kier molecular flexibility index (Phi) is 6.27. The second-order valence-corrected chi connectivity index (χ2v) is 8.93. The number of nitrogens with zero attached hydrogens (tertiary/aromatic N) is 5. The lowest BCUT2D eigenvalue weighted by Crippen LogP contribution is -2.33. The monoisotopic (exact) mass is 481 g/mol. The maximum absolute atomic E-state index is 13.1. The van der Waals surface area contributed by atoms with Gasteiger partial charge in [-0.15, -0.1) is 0 Å². The van der Waals surface area contributed by atoms with Gasteiger partial charge in [-0.3, -0.25) is 9.52 Å². The molecule has 0 aliphatic carbocycles. The fourth-order valence-electron chi connectivity index (χ4n) is 4.24. The Labute approximate surface area is 209 Å². The van der Waals surface area contributed by atoms with Crippen molar-refractivity contribution in [1.82, 2.24) is 24.8 Å². The summed E-state index contributed by atoms with van der Waals surface area (Å²) in [6.45, 7) is 6.50. The van der Waals surface area contributed by atoms with Gasteiger partial charge in [-0.25, -0.2) is 14.8 Å². The summed E-state index contributed by atoms with van der Waals surface area (Å²) in [7, 11) is 0. The van der Waals surface area contributed by atoms with Gasteiger partial charge >= 0.3 is 6.03 Å². The largest absolute Gasteiger partial charge is 0.383 e. The van der Waals surface area contributed by atoms with E-state index in [0.717, 1.165) is 23.1 Å². The molecule has 0 saturated carbocycles. The molecule has 3 N–H and O–H groups in total. The Hall–Kier alpha value is -4.42. The van der Waals surface area contributed by atoms with Crippen molar-refractivity contribution in [3.05, 3.63) is 77.2 Å². The smallest absolute Gasteiger partial charge is 0.346 e. The van der Waals surface area contributed by atoms with Crippen LogP contribution < -0.4 is 11.1 Å². The molecule has 0 spiro atoms. The number of amides is 2. The molecular weight excluding hydrogens is 454 g/mol. The van der Waals surface area contributed by atoms with Crippen molar-refractivity contribution in [2.24, 2.45) is 0 Å². The summed E-state index contributed by atoms with van der Waals surface area (Å²) in [5.41, 5.74) is 10.7. The average Bonchev–Trinajstić information content (AvgIpc) is 3.51. The molecule has 0 unspecified atom stereocenters. The zero-order chi connectivity index (χ0) is 25.2. The van der Waals surface area contributed by atoms with Gasteiger partial charge in [0, 0.05) is 23.7 Å². The molecule has 0 bridgehead atoms. The van der Waals surface area contributed by atoms with Crippen LogP contribution in [0.2, 0.25) is 0 Å². The van der Waals surface area contributed by atoms with E-state index >= 15 is 0 Å². The van der Waals surface area contributed by atoms with Crippen molar-refractivity contribution in [2.45, 2.75) is 39.3 Å². The maximum atomic E-state index is 13.1. The van der Waals surface area contributed by atoms with E-state index in [4.69, 9.17) is 10.6 Å². The number of fused-ring (bicyclic) bond motifs is 1. The van der Waals surface area contributed by atoms with Crippen LogP contribution in [-0.4, -0.2) is 37.4 Å². The molecule has 9 nitrogen and oxygen atoms in total. The van der Waals surface area contributed by atoms with E-state index in [0.29, 0.717) is 34.8 Å². The van der Waals surface area contributed by atoms with E-state index in [1.165, 1.54) is 11.4 Å². The zero-order valence-corrected chi connectivity index (χ0v) is 20.4. The van der Waals surface area contributed by atoms with Crippen molar-refractivity contribution >= 4 is 28.6 Å². The summed E-state index contributed by atoms with van der Waals surface area (Å²) in [6, 6.07) is 15.1. The number of anilines is 2. The van der Waals surface area contributed by atoms with E-state index in [1.807, 2.05) is 69.3 Å². The summed E-state index contributed by atoms with van der Waals surface area (Å²) in [5, 5.41) is 9.55. The summed E-state index contributed by atoms with van der Waals surface area (Å²) in [6.07, 6.45) is 2.14. The number of hydroxylamine groups is 2. The first-order valence-corrected chi connectivity index (χ1v) is 11.8. The standard InChI is InChI=1S/C27H27N7O2/c1-17(2)33-23(24-25(28)29-16-30-26(24)32-33)12-10-20-15-21(11-9-18(20)3)31-27(35)34-22(13-14-36-34)19-7-5-4-6-8-19/h4-9,11,15-17,22H,13-14H2,1-3H3,(H,31,35)(H2,28,29,30,32)/t22-/m1/s1. The van der Waals surface area contributed by atoms with Crippen LogP contribution in [0.15, 0.2) is 54.9 Å². The number of carbonyl (C=O) groups excluding carboxylic acids is 1. The highest BCUT2D eigenvalue weighted by Crippen LogP contribution is 2.31. The van der Waals surface area contributed by atoms with Crippen molar-refractivity contribution in [1.29, 1.82) is 0 Å². The number of hydrogen-bond acceptors (Lipinski definition) is 6. The summed E-state index contributed by atoms with van der Waals surface area (Å²) < 4.78 is 1.80. The van der Waals surface area contributed by atoms with Crippen LogP contribution in [0, 0.1) is 18.8 Å². The first-order chi connectivity index (χ1) is 17.4. The Morgan fingerprint density at radius 2 is 1.97 bits per heavy atom. The van der Waals surface area contributed by atoms with Gasteiger partial charge in [0.1, 0.15) is 17.8 Å². The Morgan fingerprint density at radius 1 is 1.17 bits per heavy atom. The van der Waals surface area contributed by atoms with Gasteiger partial charge in [0.2, 0.25) is 0 Å². The number of benzene rings is 2. The van der Waals surface area contributed by atoms with Gasteiger partial charge in [0.05, 0.1) is 18.0 Å². The molecule has 5 rings (SSSR count). The molecule has 182 valence electrons. The predicted molar refractivity (Wildman–Crippen MR) is 138 cm³/mol. The molecule has 3 heterocycles. The third-order valence-electron chi connectivity index (χ3n) is 6.11. The molecule has 1 atom stereocenters. The molecule has 0 radical (unpaired) electrons. The van der Waals surface area contributed by atoms with Gasteiger partial charge in [0.15, 0.2) is 5.65 Å². The second-order valence-electron chi connectivity index (χ2n) is 8.93. The highest BCUT2D eigenvalue weighted by molar-refractivity contribution is 5.91. The van der Waals surface area contributed by atoms with Crippen LogP contribution in [0.5, 0.6) is 0 Å². The highest BCUT2D eigenvalue weighted by Gasteiger charge is 2.31. The van der Waals surface area contributed by atoms with Crippen LogP contribution in [0.25, 0.3) is 11.0 Å². The minimum Gasteiger partial charge on any atom is -0.383 e. The van der Waals surface area contributed by atoms with Gasteiger partial charge in [-0.05, 0) is 50.0 Å². The van der Waals surface area contributed by atoms with E-state index in [1.54, 1.807) is 4.68 Å².